The lowest BCUT2D eigenvalue weighted by atomic mass is 10.1. The minimum Gasteiger partial charge on any atom is -0.493 e. The van der Waals surface area contributed by atoms with Crippen LogP contribution in [-0.4, -0.2) is 35.6 Å². The Labute approximate surface area is 178 Å². The number of esters is 1. The van der Waals surface area contributed by atoms with Gasteiger partial charge in [-0.3, -0.25) is 14.2 Å². The highest BCUT2D eigenvalue weighted by Crippen LogP contribution is 2.36. The molecule has 2 aromatic carbocycles. The summed E-state index contributed by atoms with van der Waals surface area (Å²) < 4.78 is 17.4. The maximum absolute atomic E-state index is 13.4. The van der Waals surface area contributed by atoms with Crippen LogP contribution in [0.15, 0.2) is 67.0 Å². The van der Waals surface area contributed by atoms with E-state index in [2.05, 4.69) is 4.98 Å². The van der Waals surface area contributed by atoms with Crippen LogP contribution in [0.1, 0.15) is 17.3 Å². The molecule has 0 fully saturated rings. The van der Waals surface area contributed by atoms with Gasteiger partial charge in [0.2, 0.25) is 0 Å². The van der Waals surface area contributed by atoms with Gasteiger partial charge in [-0.2, -0.15) is 0 Å². The monoisotopic (exact) mass is 416 g/mol. The number of benzene rings is 2. The fourth-order valence-corrected chi connectivity index (χ4v) is 3.46. The van der Waals surface area contributed by atoms with Crippen LogP contribution < -0.4 is 14.2 Å². The summed E-state index contributed by atoms with van der Waals surface area (Å²) in [5, 5.41) is 0.799. The molecule has 0 spiro atoms. The highest BCUT2D eigenvalue weighted by Gasteiger charge is 2.21. The summed E-state index contributed by atoms with van der Waals surface area (Å²) in [6, 6.07) is 15.9. The number of aromatic nitrogens is 2. The van der Waals surface area contributed by atoms with E-state index in [9.17, 15) is 9.59 Å². The van der Waals surface area contributed by atoms with Crippen LogP contribution in [0.4, 0.5) is 0 Å². The maximum Gasteiger partial charge on any atom is 0.308 e. The van der Waals surface area contributed by atoms with Gasteiger partial charge in [0.05, 0.1) is 19.8 Å². The van der Waals surface area contributed by atoms with Gasteiger partial charge in [0.25, 0.3) is 5.91 Å². The summed E-state index contributed by atoms with van der Waals surface area (Å²) >= 11 is 0. The molecular formula is C24H20N2O5. The lowest BCUT2D eigenvalue weighted by Gasteiger charge is -2.09. The van der Waals surface area contributed by atoms with Crippen molar-refractivity contribution in [2.45, 2.75) is 6.92 Å². The first kappa shape index (κ1) is 20.2. The quantitative estimate of drug-likeness (QED) is 0.356. The van der Waals surface area contributed by atoms with E-state index in [0.717, 1.165) is 16.5 Å². The van der Waals surface area contributed by atoms with Crippen LogP contribution in [0.2, 0.25) is 0 Å². The Hall–Kier alpha value is -4.13. The molecule has 0 atom stereocenters. The van der Waals surface area contributed by atoms with E-state index in [1.54, 1.807) is 50.9 Å². The van der Waals surface area contributed by atoms with Crippen molar-refractivity contribution in [3.63, 3.8) is 0 Å². The fraction of sp³-hybridized carbons (Fsp3) is 0.125. The zero-order valence-electron chi connectivity index (χ0n) is 17.3. The second kappa shape index (κ2) is 8.31. The lowest BCUT2D eigenvalue weighted by Crippen LogP contribution is -2.14. The van der Waals surface area contributed by atoms with Gasteiger partial charge in [-0.05, 0) is 42.0 Å². The van der Waals surface area contributed by atoms with Gasteiger partial charge < -0.3 is 14.2 Å². The van der Waals surface area contributed by atoms with E-state index in [-0.39, 0.29) is 17.2 Å². The molecule has 7 heteroatoms. The van der Waals surface area contributed by atoms with Gasteiger partial charge >= 0.3 is 5.97 Å². The van der Waals surface area contributed by atoms with Crippen molar-refractivity contribution in [1.29, 1.82) is 0 Å². The Morgan fingerprint density at radius 1 is 0.903 bits per heavy atom. The standard InChI is InChI=1S/C24H20N2O5/c1-15(27)31-20-9-5-4-7-18(20)24(28)26-14-19(17-8-6-12-25-23(17)26)16-10-11-21(29-2)22(13-16)30-3/h4-14H,1-3H3. The molecule has 0 aliphatic carbocycles. The molecular weight excluding hydrogens is 396 g/mol. The number of fused-ring (bicyclic) bond motifs is 1. The Balaban J connectivity index is 1.87. The molecule has 0 unspecified atom stereocenters. The lowest BCUT2D eigenvalue weighted by molar-refractivity contribution is -0.131. The van der Waals surface area contributed by atoms with Crippen LogP contribution in [0.5, 0.6) is 17.2 Å². The van der Waals surface area contributed by atoms with E-state index < -0.39 is 5.97 Å². The van der Waals surface area contributed by atoms with Gasteiger partial charge in [0.15, 0.2) is 11.5 Å². The second-order valence-electron chi connectivity index (χ2n) is 6.75. The van der Waals surface area contributed by atoms with E-state index in [0.29, 0.717) is 17.1 Å². The Bertz CT molecular complexity index is 1290. The number of methoxy groups -OCH3 is 2. The number of pyridine rings is 1. The molecule has 4 aromatic rings. The largest absolute Gasteiger partial charge is 0.493 e. The maximum atomic E-state index is 13.4. The third-order valence-electron chi connectivity index (χ3n) is 4.85. The van der Waals surface area contributed by atoms with E-state index >= 15 is 0 Å². The average Bonchev–Trinajstić information content (AvgIpc) is 3.18. The predicted molar refractivity (Wildman–Crippen MR) is 116 cm³/mol. The number of nitrogens with zero attached hydrogens (tertiary/aromatic N) is 2. The number of para-hydroxylation sites is 1. The molecule has 0 saturated carbocycles. The highest BCUT2D eigenvalue weighted by atomic mass is 16.5. The zero-order chi connectivity index (χ0) is 22.0. The van der Waals surface area contributed by atoms with E-state index in [1.165, 1.54) is 11.5 Å². The van der Waals surface area contributed by atoms with E-state index in [4.69, 9.17) is 14.2 Å². The minimum absolute atomic E-state index is 0.199. The second-order valence-corrected chi connectivity index (χ2v) is 6.75. The van der Waals surface area contributed by atoms with Crippen molar-refractivity contribution in [3.8, 4) is 28.4 Å². The first-order valence-electron chi connectivity index (χ1n) is 9.54. The first-order chi connectivity index (χ1) is 15.0. The molecule has 0 aliphatic heterocycles. The molecule has 2 heterocycles. The van der Waals surface area contributed by atoms with Crippen LogP contribution in [0, 0.1) is 0 Å². The average molecular weight is 416 g/mol. The zero-order valence-corrected chi connectivity index (χ0v) is 17.3. The topological polar surface area (TPSA) is 79.7 Å². The number of hydrogen-bond donors (Lipinski definition) is 0. The minimum atomic E-state index is -0.498. The predicted octanol–water partition coefficient (Wildman–Crippen LogP) is 4.33. The van der Waals surface area contributed by atoms with Gasteiger partial charge in [0, 0.05) is 30.3 Å². The van der Waals surface area contributed by atoms with Crippen molar-refractivity contribution < 1.29 is 23.8 Å². The summed E-state index contributed by atoms with van der Waals surface area (Å²) in [7, 11) is 3.15. The van der Waals surface area contributed by atoms with Gasteiger partial charge in [-0.15, -0.1) is 0 Å². The van der Waals surface area contributed by atoms with Crippen LogP contribution in [0.25, 0.3) is 22.2 Å². The molecule has 4 rings (SSSR count). The van der Waals surface area contributed by atoms with Gasteiger partial charge in [-0.1, -0.05) is 18.2 Å². The van der Waals surface area contributed by atoms with Crippen molar-refractivity contribution in [1.82, 2.24) is 9.55 Å². The van der Waals surface area contributed by atoms with Crippen LogP contribution in [-0.2, 0) is 4.79 Å². The number of carbonyl (C=O) groups is 2. The fourth-order valence-electron chi connectivity index (χ4n) is 3.46. The Morgan fingerprint density at radius 2 is 1.68 bits per heavy atom. The summed E-state index contributed by atoms with van der Waals surface area (Å²) in [5.74, 6) is 0.537. The SMILES string of the molecule is COc1ccc(-c2cn(C(=O)c3ccccc3OC(C)=O)c3ncccc23)cc1OC. The Morgan fingerprint density at radius 3 is 2.42 bits per heavy atom. The summed E-state index contributed by atoms with van der Waals surface area (Å²) in [4.78, 5) is 29.3. The molecule has 0 bridgehead atoms. The van der Waals surface area contributed by atoms with Crippen LogP contribution in [0.3, 0.4) is 0 Å². The molecule has 156 valence electrons. The van der Waals surface area contributed by atoms with Crippen LogP contribution >= 0.6 is 0 Å². The Kier molecular flexibility index (Phi) is 5.41. The summed E-state index contributed by atoms with van der Waals surface area (Å²) in [6.45, 7) is 1.29. The molecule has 0 radical (unpaired) electrons. The van der Waals surface area contributed by atoms with Crippen molar-refractivity contribution in [3.05, 3.63) is 72.6 Å². The molecule has 0 N–H and O–H groups in total. The third-order valence-corrected chi connectivity index (χ3v) is 4.85. The smallest absolute Gasteiger partial charge is 0.308 e. The van der Waals surface area contributed by atoms with Gasteiger partial charge in [-0.25, -0.2) is 4.98 Å². The van der Waals surface area contributed by atoms with Gasteiger partial charge in [0.1, 0.15) is 11.4 Å². The molecule has 7 nitrogen and oxygen atoms in total. The number of ether oxygens (including phenoxy) is 3. The van der Waals surface area contributed by atoms with Crippen molar-refractivity contribution in [2.75, 3.05) is 14.2 Å². The first-order valence-corrected chi connectivity index (χ1v) is 9.54. The number of hydrogen-bond acceptors (Lipinski definition) is 6. The normalized spacial score (nSPS) is 10.7. The van der Waals surface area contributed by atoms with E-state index in [1.807, 2.05) is 30.3 Å². The summed E-state index contributed by atoms with van der Waals surface area (Å²) in [5.41, 5.74) is 2.41. The molecule has 0 saturated heterocycles. The third kappa shape index (κ3) is 3.73. The number of carbonyl (C=O) groups excluding carboxylic acids is 2. The molecule has 2 aromatic heterocycles. The van der Waals surface area contributed by atoms with Crippen molar-refractivity contribution >= 4 is 22.9 Å². The highest BCUT2D eigenvalue weighted by molar-refractivity contribution is 6.07. The molecule has 0 amide bonds. The number of rotatable bonds is 5. The molecule has 0 aliphatic rings. The molecule has 31 heavy (non-hydrogen) atoms. The van der Waals surface area contributed by atoms with Crippen molar-refractivity contribution in [2.24, 2.45) is 0 Å². The summed E-state index contributed by atoms with van der Waals surface area (Å²) in [6.07, 6.45) is 3.36.